The van der Waals surface area contributed by atoms with Crippen molar-refractivity contribution in [2.75, 3.05) is 20.1 Å². The standard InChI is InChI=1S/C58H80N16O14/c1-30(2)22-42(51(82)66-40(16-11-21-63-57(61)62-5)50(81)67-41(49(60)80)25-35-28-64-39-15-10-9-14-38(35)39)70-58(88)73-72-53(84)43(23-33-12-7-6-8-13-33)69-55(86)48(31(3)75)71-52(83)44(27-47(59)79)68-54(85)46-26-37(78)29-74(46)56(87)45(65-32(4)76)24-34-17-19-36(77)20-18-34/h6-10,12-15,17-20,28,30-31,37,40-46,48,64,75,77-78H,11,16,21-27,29H2,1-5H3,(H2,59,79)(H2,60,80)(H,65,76)(H,66,82)(H,67,81)(H,68,85)(H,69,86)(H,71,83)(H,72,84)(H3,61,62,63)(H2,70,73,88)/t31-,37-,40+,41+,42+,43+,44+,45+,46+,48+/m1/s1. The fourth-order valence-electron chi connectivity index (χ4n) is 9.74. The molecule has 4 aromatic rings. The number of hydrogen-bond donors (Lipinski definition) is 17. The van der Waals surface area contributed by atoms with E-state index in [0.717, 1.165) is 22.7 Å². The fourth-order valence-corrected chi connectivity index (χ4v) is 9.74. The van der Waals surface area contributed by atoms with Crippen molar-refractivity contribution in [1.29, 1.82) is 0 Å². The van der Waals surface area contributed by atoms with E-state index in [9.17, 15) is 68.1 Å². The number of carbonyl (C=O) groups is 11. The van der Waals surface area contributed by atoms with Crippen LogP contribution < -0.4 is 70.6 Å². The summed E-state index contributed by atoms with van der Waals surface area (Å²) in [6.07, 6.45) is -2.45. The Morgan fingerprint density at radius 3 is 1.92 bits per heavy atom. The highest BCUT2D eigenvalue weighted by atomic mass is 16.3. The Hall–Kier alpha value is -9.84. The van der Waals surface area contributed by atoms with E-state index >= 15 is 0 Å². The van der Waals surface area contributed by atoms with Gasteiger partial charge in [0.25, 0.3) is 5.91 Å². The molecule has 10 atom stereocenters. The number of likely N-dealkylation sites (tertiary alicyclic amines) is 1. The Kier molecular flexibility index (Phi) is 26.0. The van der Waals surface area contributed by atoms with Crippen molar-refractivity contribution in [3.63, 3.8) is 0 Å². The quantitative estimate of drug-likeness (QED) is 0.0105. The lowest BCUT2D eigenvalue weighted by molar-refractivity contribution is -0.142. The zero-order valence-corrected chi connectivity index (χ0v) is 49.5. The maximum absolute atomic E-state index is 14.1. The van der Waals surface area contributed by atoms with Gasteiger partial charge in [0.05, 0.1) is 18.6 Å². The second-order valence-electron chi connectivity index (χ2n) is 21.8. The predicted molar refractivity (Wildman–Crippen MR) is 320 cm³/mol. The van der Waals surface area contributed by atoms with Gasteiger partial charge in [-0.1, -0.05) is 74.5 Å². The number of phenols is 1. The summed E-state index contributed by atoms with van der Waals surface area (Å²) in [4.78, 5) is 157. The van der Waals surface area contributed by atoms with Crippen LogP contribution in [0, 0.1) is 5.92 Å². The van der Waals surface area contributed by atoms with Crippen molar-refractivity contribution in [2.45, 2.75) is 140 Å². The van der Waals surface area contributed by atoms with Gasteiger partial charge in [0.2, 0.25) is 53.2 Å². The van der Waals surface area contributed by atoms with Crippen molar-refractivity contribution in [2.24, 2.45) is 28.1 Å². The number of H-pyrrole nitrogens is 1. The summed E-state index contributed by atoms with van der Waals surface area (Å²) >= 11 is 0. The van der Waals surface area contributed by atoms with E-state index in [1.165, 1.54) is 38.2 Å². The highest BCUT2D eigenvalue weighted by Crippen LogP contribution is 2.23. The van der Waals surface area contributed by atoms with Gasteiger partial charge >= 0.3 is 6.03 Å². The molecule has 0 unspecified atom stereocenters. The Morgan fingerprint density at radius 2 is 1.28 bits per heavy atom. The number of aromatic nitrogens is 1. The first kappa shape index (κ1) is 68.9. The highest BCUT2D eigenvalue weighted by Gasteiger charge is 2.43. The number of hydrazine groups is 1. The zero-order chi connectivity index (χ0) is 64.8. The van der Waals surface area contributed by atoms with Gasteiger partial charge in [0.1, 0.15) is 54.1 Å². The van der Waals surface area contributed by atoms with Crippen molar-refractivity contribution in [3.05, 3.63) is 102 Å². The number of fused-ring (bicyclic) bond motifs is 1. The molecule has 3 aromatic carbocycles. The van der Waals surface area contributed by atoms with Crippen molar-refractivity contribution in [3.8, 4) is 5.75 Å². The summed E-state index contributed by atoms with van der Waals surface area (Å²) in [5.41, 5.74) is 23.9. The van der Waals surface area contributed by atoms with Crippen LogP contribution >= 0.6 is 0 Å². The van der Waals surface area contributed by atoms with Gasteiger partial charge in [0.15, 0.2) is 5.96 Å². The number of nitrogens with one attached hydrogen (secondary N) is 11. The fraction of sp³-hybridized carbons (Fsp3) is 0.448. The molecule has 0 aliphatic carbocycles. The van der Waals surface area contributed by atoms with Gasteiger partial charge < -0.3 is 84.9 Å². The number of hydrogen-bond acceptors (Lipinski definition) is 15. The third-order valence-corrected chi connectivity index (χ3v) is 14.2. The molecule has 1 aromatic heterocycles. The number of nitrogens with two attached hydrogens (primary N) is 3. The second kappa shape index (κ2) is 33.2. The molecule has 0 spiro atoms. The smallest absolute Gasteiger partial charge is 0.334 e. The third kappa shape index (κ3) is 21.3. The number of nitrogens with zero attached hydrogens (tertiary/aromatic N) is 2. The number of amides is 12. The van der Waals surface area contributed by atoms with Crippen molar-refractivity contribution in [1.82, 2.24) is 63.3 Å². The molecule has 5 rings (SSSR count). The van der Waals surface area contributed by atoms with Crippen LogP contribution in [0.25, 0.3) is 10.9 Å². The first-order valence-corrected chi connectivity index (χ1v) is 28.5. The van der Waals surface area contributed by atoms with Crippen LogP contribution in [0.3, 0.4) is 0 Å². The third-order valence-electron chi connectivity index (χ3n) is 14.2. The van der Waals surface area contributed by atoms with E-state index in [-0.39, 0.29) is 75.7 Å². The molecule has 0 bridgehead atoms. The molecule has 0 radical (unpaired) electrons. The lowest BCUT2D eigenvalue weighted by Crippen LogP contribution is -2.62. The number of para-hydroxylation sites is 1. The average molecular weight is 1230 g/mol. The van der Waals surface area contributed by atoms with Gasteiger partial charge in [-0.25, -0.2) is 10.2 Å². The van der Waals surface area contributed by atoms with E-state index in [4.69, 9.17) is 17.2 Å². The summed E-state index contributed by atoms with van der Waals surface area (Å²) in [5.74, 6) is -9.47. The number of primary amides is 2. The first-order chi connectivity index (χ1) is 41.7. The molecule has 1 saturated heterocycles. The number of aliphatic hydroxyl groups excluding tert-OH is 2. The van der Waals surface area contributed by atoms with Gasteiger partial charge in [0, 0.05) is 69.8 Å². The molecule has 1 fully saturated rings. The maximum Gasteiger partial charge on any atom is 0.334 e. The summed E-state index contributed by atoms with van der Waals surface area (Å²) < 4.78 is 0. The number of carbonyl (C=O) groups excluding carboxylic acids is 11. The van der Waals surface area contributed by atoms with E-state index in [1.54, 1.807) is 50.4 Å². The molecule has 20 N–H and O–H groups in total. The minimum absolute atomic E-state index is 0.0122. The van der Waals surface area contributed by atoms with Crippen LogP contribution in [-0.2, 0) is 67.2 Å². The number of aromatic amines is 1. The van der Waals surface area contributed by atoms with Crippen LogP contribution in [-0.4, -0.2) is 177 Å². The molecule has 12 amide bonds. The Bertz CT molecular complexity index is 3140. The maximum atomic E-state index is 14.1. The van der Waals surface area contributed by atoms with Gasteiger partial charge in [-0.2, -0.15) is 0 Å². The number of urea groups is 1. The molecule has 0 saturated carbocycles. The van der Waals surface area contributed by atoms with Crippen molar-refractivity contribution >= 4 is 82.0 Å². The molecule has 1 aliphatic heterocycles. The normalized spacial score (nSPS) is 16.6. The SMILES string of the molecule is CN=C(N)NCCC[C@H](NC(=O)[C@H](CC(C)C)NC(=O)NNC(=O)[C@H](Cc1ccccc1)NC(=O)[C@@H](NC(=O)[C@H](CC(N)=O)NC(=O)[C@@H]1C[C@@H](O)CN1C(=O)[C@H](Cc1ccc(O)cc1)NC(C)=O)[C@@H](C)O)C(=O)N[C@@H](Cc1c[nH]c2ccccc12)C(N)=O. The van der Waals surface area contributed by atoms with Crippen molar-refractivity contribution < 1.29 is 68.1 Å². The largest absolute Gasteiger partial charge is 0.508 e. The number of β-amino-alcohol motifs (C(OH)–C–C–N with tert-alkyl or cyclic N) is 1. The second-order valence-corrected chi connectivity index (χ2v) is 21.8. The summed E-state index contributed by atoms with van der Waals surface area (Å²) in [6, 6.07) is 8.44. The molecular formula is C58H80N16O14. The van der Waals surface area contributed by atoms with Crippen LogP contribution in [0.4, 0.5) is 4.79 Å². The minimum Gasteiger partial charge on any atom is -0.508 e. The Balaban J connectivity index is 1.28. The highest BCUT2D eigenvalue weighted by molar-refractivity contribution is 5.99. The first-order valence-electron chi connectivity index (χ1n) is 28.5. The number of benzene rings is 3. The Labute approximate surface area is 507 Å². The van der Waals surface area contributed by atoms with E-state index < -0.39 is 132 Å². The van der Waals surface area contributed by atoms with Gasteiger partial charge in [-0.3, -0.25) is 58.4 Å². The number of rotatable bonds is 30. The zero-order valence-electron chi connectivity index (χ0n) is 49.5. The minimum atomic E-state index is -1.89. The molecule has 30 nitrogen and oxygen atoms in total. The average Bonchev–Trinajstić information content (AvgIpc) is 2.76. The number of phenolic OH excluding ortho intramolecular Hbond substituents is 1. The van der Waals surface area contributed by atoms with Crippen LogP contribution in [0.15, 0.2) is 90.1 Å². The molecule has 2 heterocycles. The van der Waals surface area contributed by atoms with Gasteiger partial charge in [-0.05, 0) is 67.0 Å². The molecular weight excluding hydrogens is 1140 g/mol. The number of guanidine groups is 1. The van der Waals surface area contributed by atoms with E-state index in [1.807, 2.05) is 24.3 Å². The molecule has 1 aliphatic rings. The van der Waals surface area contributed by atoms with Crippen LogP contribution in [0.5, 0.6) is 5.75 Å². The molecule has 476 valence electrons. The number of aliphatic imine (C=N–C) groups is 1. The van der Waals surface area contributed by atoms with E-state index in [0.29, 0.717) is 16.7 Å². The lowest BCUT2D eigenvalue weighted by Gasteiger charge is -2.30. The number of aliphatic hydroxyl groups is 2. The molecule has 30 heteroatoms. The lowest BCUT2D eigenvalue weighted by atomic mass is 10.0. The van der Waals surface area contributed by atoms with Gasteiger partial charge in [-0.15, -0.1) is 0 Å². The van der Waals surface area contributed by atoms with Crippen LogP contribution in [0.1, 0.15) is 76.5 Å². The Morgan fingerprint density at radius 1 is 0.670 bits per heavy atom. The topological polar surface area (TPSA) is 478 Å². The van der Waals surface area contributed by atoms with Crippen LogP contribution in [0.2, 0.25) is 0 Å². The summed E-state index contributed by atoms with van der Waals surface area (Å²) in [5, 5.41) is 52.5. The predicted octanol–water partition coefficient (Wildman–Crippen LogP) is -3.41. The van der Waals surface area contributed by atoms with E-state index in [2.05, 4.69) is 63.4 Å². The summed E-state index contributed by atoms with van der Waals surface area (Å²) in [6.45, 7) is 5.70. The summed E-state index contributed by atoms with van der Waals surface area (Å²) in [7, 11) is 1.48. The molecule has 88 heavy (non-hydrogen) atoms. The monoisotopic (exact) mass is 1220 g/mol. The number of aromatic hydroxyl groups is 1.